The summed E-state index contributed by atoms with van der Waals surface area (Å²) in [6.45, 7) is -0.679. The topological polar surface area (TPSA) is 138 Å². The minimum atomic E-state index is -1.04. The minimum Gasteiger partial charge on any atom is -0.451 e. The molecule has 0 aliphatic heterocycles. The molecule has 0 bridgehead atoms. The molecule has 0 spiro atoms. The lowest BCUT2D eigenvalue weighted by Crippen LogP contribution is -2.27. The van der Waals surface area contributed by atoms with E-state index in [1.54, 1.807) is 54.6 Å². The highest BCUT2D eigenvalue weighted by molar-refractivity contribution is 6.13. The lowest BCUT2D eigenvalue weighted by Gasteiger charge is -2.11. The van der Waals surface area contributed by atoms with Gasteiger partial charge in [0.1, 0.15) is 5.69 Å². The fraction of sp³-hybridized carbons (Fsp3) is 0.0500. The number of anilines is 1. The molecule has 0 saturated heterocycles. The molecular formula is C20H15N3O6. The van der Waals surface area contributed by atoms with E-state index in [9.17, 15) is 24.0 Å². The van der Waals surface area contributed by atoms with Gasteiger partial charge in [0.25, 0.3) is 11.5 Å². The molecule has 2 aromatic carbocycles. The summed E-state index contributed by atoms with van der Waals surface area (Å²) in [5, 5.41) is 2.51. The predicted molar refractivity (Wildman–Crippen MR) is 103 cm³/mol. The first kappa shape index (κ1) is 19.5. The first-order valence-corrected chi connectivity index (χ1v) is 8.43. The number of ether oxygens (including phenoxy) is 1. The van der Waals surface area contributed by atoms with E-state index in [4.69, 9.17) is 4.74 Å². The van der Waals surface area contributed by atoms with Gasteiger partial charge in [-0.05, 0) is 12.1 Å². The number of rotatable bonds is 6. The number of para-hydroxylation sites is 1. The van der Waals surface area contributed by atoms with Crippen LogP contribution in [0.5, 0.6) is 0 Å². The van der Waals surface area contributed by atoms with Crippen LogP contribution >= 0.6 is 0 Å². The molecule has 1 heterocycles. The number of hydrogen-bond acceptors (Lipinski definition) is 6. The Bertz CT molecular complexity index is 1150. The Labute approximate surface area is 163 Å². The van der Waals surface area contributed by atoms with E-state index in [-0.39, 0.29) is 22.7 Å². The molecule has 0 aliphatic rings. The number of ketones is 1. The van der Waals surface area contributed by atoms with Crippen LogP contribution in [0.25, 0.3) is 0 Å². The van der Waals surface area contributed by atoms with Crippen molar-refractivity contribution in [3.05, 3.63) is 98.3 Å². The Morgan fingerprint density at radius 2 is 1.59 bits per heavy atom. The van der Waals surface area contributed by atoms with Crippen LogP contribution in [0.2, 0.25) is 0 Å². The van der Waals surface area contributed by atoms with Gasteiger partial charge >= 0.3 is 11.7 Å². The van der Waals surface area contributed by atoms with Gasteiger partial charge in [0, 0.05) is 17.2 Å². The van der Waals surface area contributed by atoms with E-state index in [0.717, 1.165) is 6.07 Å². The molecular weight excluding hydrogens is 378 g/mol. The normalized spacial score (nSPS) is 10.2. The summed E-state index contributed by atoms with van der Waals surface area (Å²) in [5.41, 5.74) is -1.05. The average molecular weight is 393 g/mol. The highest BCUT2D eigenvalue weighted by Crippen LogP contribution is 2.19. The zero-order valence-electron chi connectivity index (χ0n) is 14.9. The molecule has 1 amide bonds. The van der Waals surface area contributed by atoms with Crippen LogP contribution in [0.15, 0.2) is 70.3 Å². The van der Waals surface area contributed by atoms with Gasteiger partial charge in [0.15, 0.2) is 12.4 Å². The van der Waals surface area contributed by atoms with E-state index in [0.29, 0.717) is 5.56 Å². The monoisotopic (exact) mass is 393 g/mol. The molecule has 146 valence electrons. The zero-order chi connectivity index (χ0) is 20.8. The maximum absolute atomic E-state index is 12.7. The summed E-state index contributed by atoms with van der Waals surface area (Å²) >= 11 is 0. The molecule has 0 atom stereocenters. The molecule has 9 nitrogen and oxygen atoms in total. The maximum Gasteiger partial charge on any atom is 0.355 e. The Morgan fingerprint density at radius 1 is 0.897 bits per heavy atom. The first-order valence-electron chi connectivity index (χ1n) is 8.43. The molecule has 0 radical (unpaired) electrons. The molecule has 3 aromatic rings. The van der Waals surface area contributed by atoms with Crippen LogP contribution in [0.4, 0.5) is 5.69 Å². The third kappa shape index (κ3) is 4.92. The van der Waals surface area contributed by atoms with Gasteiger partial charge in [-0.3, -0.25) is 19.4 Å². The van der Waals surface area contributed by atoms with Crippen LogP contribution in [-0.2, 0) is 9.53 Å². The number of aromatic amines is 2. The number of hydrogen-bond donors (Lipinski definition) is 3. The van der Waals surface area contributed by atoms with Gasteiger partial charge in [-0.15, -0.1) is 0 Å². The van der Waals surface area contributed by atoms with Gasteiger partial charge < -0.3 is 15.0 Å². The van der Waals surface area contributed by atoms with Gasteiger partial charge in [0.05, 0.1) is 5.69 Å². The molecule has 3 rings (SSSR count). The predicted octanol–water partition coefficient (Wildman–Crippen LogP) is 1.09. The van der Waals surface area contributed by atoms with Gasteiger partial charge in [0.2, 0.25) is 0 Å². The van der Waals surface area contributed by atoms with Crippen molar-refractivity contribution in [3.8, 4) is 0 Å². The SMILES string of the molecule is O=C(COC(=O)c1cc(=O)[nH]c(=O)[nH]1)Nc1ccccc1C(=O)c1ccccc1. The van der Waals surface area contributed by atoms with Gasteiger partial charge in [-0.2, -0.15) is 0 Å². The molecule has 9 heteroatoms. The molecule has 0 aliphatic carbocycles. The minimum absolute atomic E-state index is 0.256. The smallest absolute Gasteiger partial charge is 0.355 e. The van der Waals surface area contributed by atoms with Crippen LogP contribution in [0.3, 0.4) is 0 Å². The lowest BCUT2D eigenvalue weighted by atomic mass is 10.0. The average Bonchev–Trinajstić information content (AvgIpc) is 2.72. The second-order valence-electron chi connectivity index (χ2n) is 5.87. The number of carbonyl (C=O) groups is 3. The van der Waals surface area contributed by atoms with Gasteiger partial charge in [-0.25, -0.2) is 9.59 Å². The van der Waals surface area contributed by atoms with Gasteiger partial charge in [-0.1, -0.05) is 42.5 Å². The van der Waals surface area contributed by atoms with E-state index >= 15 is 0 Å². The van der Waals surface area contributed by atoms with Crippen molar-refractivity contribution in [1.29, 1.82) is 0 Å². The Balaban J connectivity index is 1.68. The number of amides is 1. The summed E-state index contributed by atoms with van der Waals surface area (Å²) < 4.78 is 4.80. The number of H-pyrrole nitrogens is 2. The summed E-state index contributed by atoms with van der Waals surface area (Å²) in [6.07, 6.45) is 0. The number of esters is 1. The summed E-state index contributed by atoms with van der Waals surface area (Å²) in [5.74, 6) is -2.02. The van der Waals surface area contributed by atoms with Crippen molar-refractivity contribution in [2.24, 2.45) is 0 Å². The standard InChI is InChI=1S/C20H15N3O6/c24-16-10-15(22-20(28)23-16)19(27)29-11-17(25)21-14-9-5-4-8-13(14)18(26)12-6-2-1-3-7-12/h1-10H,11H2,(H,21,25)(H2,22,23,24,28). The third-order valence-corrected chi connectivity index (χ3v) is 3.80. The Hall–Kier alpha value is -4.27. The van der Waals surface area contributed by atoms with E-state index < -0.39 is 29.7 Å². The summed E-state index contributed by atoms with van der Waals surface area (Å²) in [7, 11) is 0. The third-order valence-electron chi connectivity index (χ3n) is 3.80. The van der Waals surface area contributed by atoms with Crippen LogP contribution in [0.1, 0.15) is 26.4 Å². The molecule has 0 unspecified atom stereocenters. The lowest BCUT2D eigenvalue weighted by molar-refractivity contribution is -0.119. The molecule has 29 heavy (non-hydrogen) atoms. The summed E-state index contributed by atoms with van der Waals surface area (Å²) in [4.78, 5) is 63.1. The van der Waals surface area contributed by atoms with Crippen molar-refractivity contribution < 1.29 is 19.1 Å². The van der Waals surface area contributed by atoms with E-state index in [1.807, 2.05) is 4.98 Å². The van der Waals surface area contributed by atoms with Crippen molar-refractivity contribution in [2.45, 2.75) is 0 Å². The van der Waals surface area contributed by atoms with Crippen molar-refractivity contribution in [3.63, 3.8) is 0 Å². The van der Waals surface area contributed by atoms with E-state index in [2.05, 4.69) is 10.3 Å². The van der Waals surface area contributed by atoms with Crippen molar-refractivity contribution in [2.75, 3.05) is 11.9 Å². The fourth-order valence-corrected chi connectivity index (χ4v) is 2.51. The second kappa shape index (κ2) is 8.61. The Kier molecular flexibility index (Phi) is 5.79. The fourth-order valence-electron chi connectivity index (χ4n) is 2.51. The first-order chi connectivity index (χ1) is 13.9. The van der Waals surface area contributed by atoms with Crippen molar-refractivity contribution >= 4 is 23.3 Å². The largest absolute Gasteiger partial charge is 0.451 e. The quantitative estimate of drug-likeness (QED) is 0.423. The summed E-state index contributed by atoms with van der Waals surface area (Å²) in [6, 6.07) is 15.8. The Morgan fingerprint density at radius 3 is 2.31 bits per heavy atom. The molecule has 1 aromatic heterocycles. The molecule has 3 N–H and O–H groups in total. The van der Waals surface area contributed by atoms with Crippen LogP contribution in [0, 0.1) is 0 Å². The molecule has 0 saturated carbocycles. The number of aromatic nitrogens is 2. The van der Waals surface area contributed by atoms with Crippen LogP contribution in [-0.4, -0.2) is 34.2 Å². The number of benzene rings is 2. The van der Waals surface area contributed by atoms with Crippen LogP contribution < -0.4 is 16.6 Å². The van der Waals surface area contributed by atoms with Crippen molar-refractivity contribution in [1.82, 2.24) is 9.97 Å². The highest BCUT2D eigenvalue weighted by atomic mass is 16.5. The number of nitrogens with one attached hydrogen (secondary N) is 3. The maximum atomic E-state index is 12.7. The second-order valence-corrected chi connectivity index (χ2v) is 5.87. The highest BCUT2D eigenvalue weighted by Gasteiger charge is 2.16. The number of carbonyl (C=O) groups excluding carboxylic acids is 3. The molecule has 0 fully saturated rings. The zero-order valence-corrected chi connectivity index (χ0v) is 14.9. The van der Waals surface area contributed by atoms with E-state index in [1.165, 1.54) is 0 Å².